The summed E-state index contributed by atoms with van der Waals surface area (Å²) in [5, 5.41) is 6.78. The second-order valence-electron chi connectivity index (χ2n) is 8.58. The predicted molar refractivity (Wildman–Crippen MR) is 120 cm³/mol. The van der Waals surface area contributed by atoms with Gasteiger partial charge in [-0.15, -0.1) is 0 Å². The quantitative estimate of drug-likeness (QED) is 0.647. The van der Waals surface area contributed by atoms with E-state index in [1.807, 2.05) is 54.3 Å². The van der Waals surface area contributed by atoms with Crippen molar-refractivity contribution < 1.29 is 14.1 Å². The summed E-state index contributed by atoms with van der Waals surface area (Å²) in [6.07, 6.45) is 1.14. The first-order chi connectivity index (χ1) is 14.9. The molecule has 1 N–H and O–H groups in total. The van der Waals surface area contributed by atoms with Gasteiger partial charge in [0.05, 0.1) is 0 Å². The molecule has 6 heteroatoms. The number of benzene rings is 2. The number of rotatable bonds is 4. The number of piperidine rings is 1. The number of hydrogen-bond acceptors (Lipinski definition) is 4. The summed E-state index contributed by atoms with van der Waals surface area (Å²) in [5.74, 6) is 1.13. The minimum Gasteiger partial charge on any atom is -0.355 e. The van der Waals surface area contributed by atoms with Gasteiger partial charge < -0.3 is 14.7 Å². The second kappa shape index (κ2) is 8.76. The molecule has 0 bridgehead atoms. The van der Waals surface area contributed by atoms with Crippen LogP contribution in [0.4, 0.5) is 5.69 Å². The third kappa shape index (κ3) is 4.68. The topological polar surface area (TPSA) is 75.4 Å². The Morgan fingerprint density at radius 1 is 1.03 bits per heavy atom. The van der Waals surface area contributed by atoms with Gasteiger partial charge in [0.2, 0.25) is 0 Å². The Kier molecular flexibility index (Phi) is 5.89. The van der Waals surface area contributed by atoms with Crippen molar-refractivity contribution in [2.75, 3.05) is 18.4 Å². The van der Waals surface area contributed by atoms with Gasteiger partial charge in [-0.05, 0) is 42.9 Å². The number of carbonyl (C=O) groups is 2. The number of aromatic nitrogens is 1. The van der Waals surface area contributed by atoms with Gasteiger partial charge >= 0.3 is 0 Å². The second-order valence-corrected chi connectivity index (χ2v) is 8.58. The van der Waals surface area contributed by atoms with Gasteiger partial charge in [0, 0.05) is 36.0 Å². The van der Waals surface area contributed by atoms with E-state index in [0.717, 1.165) is 30.6 Å². The minimum atomic E-state index is -0.376. The molecule has 1 aliphatic rings. The Morgan fingerprint density at radius 2 is 1.74 bits per heavy atom. The lowest BCUT2D eigenvalue weighted by atomic mass is 9.91. The van der Waals surface area contributed by atoms with Gasteiger partial charge in [0.15, 0.2) is 11.5 Å². The van der Waals surface area contributed by atoms with Crippen LogP contribution in [0.2, 0.25) is 0 Å². The van der Waals surface area contributed by atoms with Gasteiger partial charge in [0.25, 0.3) is 11.8 Å². The third-order valence-corrected chi connectivity index (χ3v) is 5.69. The molecule has 0 aliphatic carbocycles. The number of amides is 2. The summed E-state index contributed by atoms with van der Waals surface area (Å²) in [4.78, 5) is 27.7. The van der Waals surface area contributed by atoms with Crippen LogP contribution in [0.25, 0.3) is 11.3 Å². The van der Waals surface area contributed by atoms with Crippen molar-refractivity contribution in [1.82, 2.24) is 10.1 Å². The molecule has 160 valence electrons. The first-order valence-electron chi connectivity index (χ1n) is 10.6. The summed E-state index contributed by atoms with van der Waals surface area (Å²) in [5.41, 5.74) is 3.08. The van der Waals surface area contributed by atoms with Crippen LogP contribution in [0.15, 0.2) is 59.1 Å². The summed E-state index contributed by atoms with van der Waals surface area (Å²) < 4.78 is 5.33. The van der Waals surface area contributed by atoms with Crippen LogP contribution in [0.5, 0.6) is 0 Å². The average molecular weight is 418 g/mol. The first kappa shape index (κ1) is 20.8. The van der Waals surface area contributed by atoms with Crippen molar-refractivity contribution >= 4 is 17.5 Å². The van der Waals surface area contributed by atoms with Crippen molar-refractivity contribution in [3.8, 4) is 11.3 Å². The van der Waals surface area contributed by atoms with Gasteiger partial charge in [-0.2, -0.15) is 0 Å². The monoisotopic (exact) mass is 417 g/mol. The van der Waals surface area contributed by atoms with Gasteiger partial charge in [-0.3, -0.25) is 9.59 Å². The van der Waals surface area contributed by atoms with E-state index < -0.39 is 0 Å². The maximum Gasteiger partial charge on any atom is 0.277 e. The molecular weight excluding hydrogens is 390 g/mol. The number of aryl methyl sites for hydroxylation is 1. The van der Waals surface area contributed by atoms with Crippen molar-refractivity contribution in [2.24, 2.45) is 11.8 Å². The molecule has 2 aromatic carbocycles. The van der Waals surface area contributed by atoms with E-state index in [4.69, 9.17) is 4.52 Å². The van der Waals surface area contributed by atoms with Crippen molar-refractivity contribution in [3.05, 3.63) is 71.4 Å². The number of carbonyl (C=O) groups excluding carboxylic acids is 2. The van der Waals surface area contributed by atoms with E-state index in [1.54, 1.807) is 12.1 Å². The molecule has 6 nitrogen and oxygen atoms in total. The SMILES string of the molecule is Cc1ccc(C(=O)N2CC(C)CC(C)C2)cc1NC(=O)c1cc(-c2ccccc2)on1. The maximum atomic E-state index is 13.1. The lowest BCUT2D eigenvalue weighted by Crippen LogP contribution is -2.42. The van der Waals surface area contributed by atoms with Gasteiger partial charge in [-0.1, -0.05) is 55.4 Å². The predicted octanol–water partition coefficient (Wildman–Crippen LogP) is 5.02. The summed E-state index contributed by atoms with van der Waals surface area (Å²) in [6, 6.07) is 16.5. The Bertz CT molecular complexity index is 1080. The normalized spacial score (nSPS) is 18.6. The molecule has 0 spiro atoms. The highest BCUT2D eigenvalue weighted by Gasteiger charge is 2.26. The van der Waals surface area contributed by atoms with Crippen LogP contribution in [0.3, 0.4) is 0 Å². The van der Waals surface area contributed by atoms with E-state index >= 15 is 0 Å². The average Bonchev–Trinajstić information content (AvgIpc) is 3.25. The first-order valence-corrected chi connectivity index (χ1v) is 10.6. The van der Waals surface area contributed by atoms with Gasteiger partial charge in [0.1, 0.15) is 0 Å². The molecule has 2 unspecified atom stereocenters. The highest BCUT2D eigenvalue weighted by atomic mass is 16.5. The van der Waals surface area contributed by atoms with Crippen LogP contribution in [0, 0.1) is 18.8 Å². The minimum absolute atomic E-state index is 0.00157. The zero-order chi connectivity index (χ0) is 22.0. The Morgan fingerprint density at radius 3 is 2.45 bits per heavy atom. The van der Waals surface area contributed by atoms with Crippen molar-refractivity contribution in [2.45, 2.75) is 27.2 Å². The van der Waals surface area contributed by atoms with Gasteiger partial charge in [-0.25, -0.2) is 0 Å². The molecule has 2 amide bonds. The zero-order valence-electron chi connectivity index (χ0n) is 18.1. The molecule has 1 fully saturated rings. The smallest absolute Gasteiger partial charge is 0.277 e. The molecule has 2 atom stereocenters. The van der Waals surface area contributed by atoms with Crippen LogP contribution >= 0.6 is 0 Å². The van der Waals surface area contributed by atoms with Crippen LogP contribution in [-0.2, 0) is 0 Å². The maximum absolute atomic E-state index is 13.1. The van der Waals surface area contributed by atoms with E-state index in [9.17, 15) is 9.59 Å². The fourth-order valence-electron chi connectivity index (χ4n) is 4.21. The standard InChI is InChI=1S/C25H27N3O3/c1-16-11-17(2)15-28(14-16)25(30)20-10-9-18(3)21(12-20)26-24(29)22-13-23(31-27-22)19-7-5-4-6-8-19/h4-10,12-13,16-17H,11,14-15H2,1-3H3,(H,26,29). The molecule has 1 saturated heterocycles. The highest BCUT2D eigenvalue weighted by molar-refractivity contribution is 6.04. The molecule has 31 heavy (non-hydrogen) atoms. The van der Waals surface area contributed by atoms with E-state index in [1.165, 1.54) is 0 Å². The number of likely N-dealkylation sites (tertiary alicyclic amines) is 1. The van der Waals surface area contributed by atoms with E-state index in [0.29, 0.717) is 28.8 Å². The molecule has 1 aromatic heterocycles. The molecule has 1 aliphatic heterocycles. The summed E-state index contributed by atoms with van der Waals surface area (Å²) in [7, 11) is 0. The largest absolute Gasteiger partial charge is 0.355 e. The molecule has 0 radical (unpaired) electrons. The third-order valence-electron chi connectivity index (χ3n) is 5.69. The van der Waals surface area contributed by atoms with Crippen LogP contribution in [-0.4, -0.2) is 35.0 Å². The fourth-order valence-corrected chi connectivity index (χ4v) is 4.21. The molecular formula is C25H27N3O3. The number of nitrogens with zero attached hydrogens (tertiary/aromatic N) is 2. The fraction of sp³-hybridized carbons (Fsp3) is 0.320. The number of hydrogen-bond donors (Lipinski definition) is 1. The Hall–Kier alpha value is -3.41. The molecule has 3 aromatic rings. The van der Waals surface area contributed by atoms with Crippen molar-refractivity contribution in [3.63, 3.8) is 0 Å². The lowest BCUT2D eigenvalue weighted by Gasteiger charge is -2.35. The van der Waals surface area contributed by atoms with Crippen molar-refractivity contribution in [1.29, 1.82) is 0 Å². The Balaban J connectivity index is 1.51. The lowest BCUT2D eigenvalue weighted by molar-refractivity contribution is 0.0623. The molecule has 0 saturated carbocycles. The summed E-state index contributed by atoms with van der Waals surface area (Å²) in [6.45, 7) is 7.78. The number of anilines is 1. The molecule has 4 rings (SSSR count). The van der Waals surface area contributed by atoms with E-state index in [-0.39, 0.29) is 17.5 Å². The highest BCUT2D eigenvalue weighted by Crippen LogP contribution is 2.25. The summed E-state index contributed by atoms with van der Waals surface area (Å²) >= 11 is 0. The number of nitrogens with one attached hydrogen (secondary N) is 1. The Labute approximate surface area is 182 Å². The van der Waals surface area contributed by atoms with E-state index in [2.05, 4.69) is 24.3 Å². The molecule has 2 heterocycles. The van der Waals surface area contributed by atoms with Crippen LogP contribution < -0.4 is 5.32 Å². The van der Waals surface area contributed by atoms with Crippen LogP contribution in [0.1, 0.15) is 46.7 Å². The zero-order valence-corrected chi connectivity index (χ0v) is 18.1.